The minimum atomic E-state index is -0.522. The van der Waals surface area contributed by atoms with E-state index in [9.17, 15) is 9.59 Å². The Balaban J connectivity index is 1.62. The smallest absolute Gasteiger partial charge is 0.344 e. The van der Waals surface area contributed by atoms with Gasteiger partial charge in [0.15, 0.2) is 5.78 Å². The Bertz CT molecular complexity index is 1150. The molecule has 3 aromatic carbocycles. The molecule has 1 aliphatic rings. The molecule has 0 amide bonds. The summed E-state index contributed by atoms with van der Waals surface area (Å²) in [5, 5.41) is 0. The van der Waals surface area contributed by atoms with E-state index in [0.717, 1.165) is 24.2 Å². The van der Waals surface area contributed by atoms with Crippen LogP contribution in [0.1, 0.15) is 76.4 Å². The number of hydrogen-bond acceptors (Lipinski definition) is 4. The van der Waals surface area contributed by atoms with E-state index >= 15 is 0 Å². The van der Waals surface area contributed by atoms with Crippen LogP contribution in [0.2, 0.25) is 0 Å². The average molecular weight is 443 g/mol. The number of aryl methyl sites for hydroxylation is 1. The van der Waals surface area contributed by atoms with Crippen molar-refractivity contribution in [3.05, 3.63) is 94.5 Å². The average Bonchev–Trinajstić information content (AvgIpc) is 2.84. The number of hydrogen-bond donors (Lipinski definition) is 0. The predicted octanol–water partition coefficient (Wildman–Crippen LogP) is 6.68. The quantitative estimate of drug-likeness (QED) is 0.243. The molecule has 4 nitrogen and oxygen atoms in total. The summed E-state index contributed by atoms with van der Waals surface area (Å²) in [5.74, 6) is 0.690. The van der Waals surface area contributed by atoms with Crippen molar-refractivity contribution in [2.24, 2.45) is 0 Å². The van der Waals surface area contributed by atoms with Gasteiger partial charge in [0, 0.05) is 11.0 Å². The Hall–Kier alpha value is -3.40. The Kier molecular flexibility index (Phi) is 6.64. The van der Waals surface area contributed by atoms with Gasteiger partial charge in [-0.25, -0.2) is 4.79 Å². The van der Waals surface area contributed by atoms with Gasteiger partial charge >= 0.3 is 5.97 Å². The van der Waals surface area contributed by atoms with Crippen LogP contribution >= 0.6 is 0 Å². The summed E-state index contributed by atoms with van der Waals surface area (Å²) >= 11 is 0. The molecular formula is C29H30O4. The van der Waals surface area contributed by atoms with E-state index in [0.29, 0.717) is 11.3 Å². The van der Waals surface area contributed by atoms with Gasteiger partial charge in [0.2, 0.25) is 0 Å². The second-order valence-corrected chi connectivity index (χ2v) is 8.84. The summed E-state index contributed by atoms with van der Waals surface area (Å²) in [6.45, 7) is 3.53. The van der Waals surface area contributed by atoms with E-state index in [1.54, 1.807) is 31.4 Å². The highest BCUT2D eigenvalue weighted by Crippen LogP contribution is 2.46. The Morgan fingerprint density at radius 3 is 2.06 bits per heavy atom. The molecule has 0 aliphatic heterocycles. The molecule has 1 aliphatic carbocycles. The molecule has 3 aromatic rings. The number of rotatable bonds is 6. The Labute approximate surface area is 195 Å². The van der Waals surface area contributed by atoms with E-state index < -0.39 is 5.97 Å². The van der Waals surface area contributed by atoms with Crippen molar-refractivity contribution in [3.8, 4) is 11.5 Å². The normalized spacial score (nSPS) is 15.0. The maximum Gasteiger partial charge on any atom is 0.344 e. The molecule has 0 unspecified atom stereocenters. The third-order valence-corrected chi connectivity index (χ3v) is 6.80. The minimum Gasteiger partial charge on any atom is -0.496 e. The molecule has 170 valence electrons. The van der Waals surface area contributed by atoms with Crippen molar-refractivity contribution in [3.63, 3.8) is 0 Å². The van der Waals surface area contributed by atoms with Crippen LogP contribution in [-0.4, -0.2) is 18.9 Å². The lowest BCUT2D eigenvalue weighted by atomic mass is 9.65. The number of benzene rings is 3. The molecule has 0 heterocycles. The van der Waals surface area contributed by atoms with Gasteiger partial charge in [-0.1, -0.05) is 61.7 Å². The lowest BCUT2D eigenvalue weighted by Gasteiger charge is -2.39. The second-order valence-electron chi connectivity index (χ2n) is 8.84. The van der Waals surface area contributed by atoms with Crippen molar-refractivity contribution >= 4 is 11.8 Å². The first kappa shape index (κ1) is 22.8. The monoisotopic (exact) mass is 442 g/mol. The largest absolute Gasteiger partial charge is 0.496 e. The van der Waals surface area contributed by atoms with Crippen LogP contribution in [0.4, 0.5) is 0 Å². The number of esters is 1. The number of carbonyl (C=O) groups is 2. The second kappa shape index (κ2) is 9.62. The van der Waals surface area contributed by atoms with E-state index in [2.05, 4.69) is 37.3 Å². The Morgan fingerprint density at radius 2 is 1.45 bits per heavy atom. The molecule has 0 radical (unpaired) electrons. The zero-order valence-electron chi connectivity index (χ0n) is 19.5. The van der Waals surface area contributed by atoms with Crippen molar-refractivity contribution in [1.29, 1.82) is 0 Å². The van der Waals surface area contributed by atoms with E-state index in [-0.39, 0.29) is 16.8 Å². The summed E-state index contributed by atoms with van der Waals surface area (Å²) in [7, 11) is 1.70. The summed E-state index contributed by atoms with van der Waals surface area (Å²) in [4.78, 5) is 24.6. The molecule has 1 fully saturated rings. The number of carbonyl (C=O) groups excluding carboxylic acids is 2. The van der Waals surface area contributed by atoms with E-state index in [1.807, 2.05) is 12.1 Å². The summed E-state index contributed by atoms with van der Waals surface area (Å²) in [6, 6.07) is 21.1. The fourth-order valence-corrected chi connectivity index (χ4v) is 5.05. The number of methoxy groups -OCH3 is 1. The van der Waals surface area contributed by atoms with Gasteiger partial charge in [-0.05, 0) is 67.6 Å². The maximum atomic E-state index is 12.7. The highest BCUT2D eigenvalue weighted by atomic mass is 16.5. The topological polar surface area (TPSA) is 52.6 Å². The molecule has 33 heavy (non-hydrogen) atoms. The van der Waals surface area contributed by atoms with Crippen molar-refractivity contribution in [2.45, 2.75) is 51.4 Å². The van der Waals surface area contributed by atoms with Gasteiger partial charge in [-0.3, -0.25) is 4.79 Å². The molecule has 0 saturated heterocycles. The fraction of sp³-hybridized carbons (Fsp3) is 0.310. The molecule has 0 bridgehead atoms. The number of ketones is 1. The standard InChI is InChI=1S/C29H30O4/c1-20-19-23(13-16-27(20)32-3)29(17-7-4-8-18-29)22-11-14-24(15-12-22)33-28(31)26-10-6-5-9-25(26)21(2)30/h5-6,9-16,19H,4,7-8,17-18H2,1-3H3. The van der Waals surface area contributed by atoms with Crippen LogP contribution < -0.4 is 9.47 Å². The van der Waals surface area contributed by atoms with Gasteiger partial charge < -0.3 is 9.47 Å². The zero-order chi connectivity index (χ0) is 23.4. The summed E-state index contributed by atoms with van der Waals surface area (Å²) in [5.41, 5.74) is 4.27. The molecule has 0 N–H and O–H groups in total. The van der Waals surface area contributed by atoms with Crippen LogP contribution in [0.15, 0.2) is 66.7 Å². The zero-order valence-corrected chi connectivity index (χ0v) is 19.5. The van der Waals surface area contributed by atoms with E-state index in [4.69, 9.17) is 9.47 Å². The van der Waals surface area contributed by atoms with Crippen LogP contribution in [0.3, 0.4) is 0 Å². The molecule has 1 saturated carbocycles. The highest BCUT2D eigenvalue weighted by Gasteiger charge is 2.36. The number of ether oxygens (including phenoxy) is 2. The molecular weight excluding hydrogens is 412 g/mol. The third-order valence-electron chi connectivity index (χ3n) is 6.80. The van der Waals surface area contributed by atoms with Gasteiger partial charge in [0.1, 0.15) is 11.5 Å². The minimum absolute atomic E-state index is 0.0565. The first-order chi connectivity index (χ1) is 15.9. The fourth-order valence-electron chi connectivity index (χ4n) is 5.05. The van der Waals surface area contributed by atoms with Crippen molar-refractivity contribution in [2.75, 3.05) is 7.11 Å². The summed E-state index contributed by atoms with van der Waals surface area (Å²) in [6.07, 6.45) is 5.79. The van der Waals surface area contributed by atoms with Crippen LogP contribution in [0, 0.1) is 6.92 Å². The van der Waals surface area contributed by atoms with Crippen molar-refractivity contribution in [1.82, 2.24) is 0 Å². The third kappa shape index (κ3) is 4.56. The van der Waals surface area contributed by atoms with Gasteiger partial charge in [-0.15, -0.1) is 0 Å². The van der Waals surface area contributed by atoms with Crippen LogP contribution in [0.5, 0.6) is 11.5 Å². The van der Waals surface area contributed by atoms with E-state index in [1.165, 1.54) is 37.3 Å². The maximum absolute atomic E-state index is 12.7. The van der Waals surface area contributed by atoms with Gasteiger partial charge in [0.25, 0.3) is 0 Å². The van der Waals surface area contributed by atoms with Crippen LogP contribution in [0.25, 0.3) is 0 Å². The van der Waals surface area contributed by atoms with Gasteiger partial charge in [-0.2, -0.15) is 0 Å². The lowest BCUT2D eigenvalue weighted by molar-refractivity contribution is 0.0730. The predicted molar refractivity (Wildman–Crippen MR) is 129 cm³/mol. The number of Topliss-reactive ketones (excluding diaryl/α,β-unsaturated/α-hetero) is 1. The van der Waals surface area contributed by atoms with Crippen molar-refractivity contribution < 1.29 is 19.1 Å². The molecule has 4 rings (SSSR count). The lowest BCUT2D eigenvalue weighted by Crippen LogP contribution is -2.30. The summed E-state index contributed by atoms with van der Waals surface area (Å²) < 4.78 is 11.1. The molecule has 0 aromatic heterocycles. The highest BCUT2D eigenvalue weighted by molar-refractivity contribution is 6.05. The molecule has 4 heteroatoms. The SMILES string of the molecule is COc1ccc(C2(c3ccc(OC(=O)c4ccccc4C(C)=O)cc3)CCCCC2)cc1C. The van der Waals surface area contributed by atoms with Gasteiger partial charge in [0.05, 0.1) is 12.7 Å². The molecule has 0 atom stereocenters. The Morgan fingerprint density at radius 1 is 0.818 bits per heavy atom. The first-order valence-corrected chi connectivity index (χ1v) is 11.5. The molecule has 0 spiro atoms. The first-order valence-electron chi connectivity index (χ1n) is 11.5. The van der Waals surface area contributed by atoms with Crippen LogP contribution in [-0.2, 0) is 5.41 Å².